The minimum Gasteiger partial charge on any atom is -0.330 e. The van der Waals surface area contributed by atoms with Crippen LogP contribution in [-0.4, -0.2) is 16.3 Å². The number of nitrogens with zero attached hydrogens (tertiary/aromatic N) is 2. The maximum absolute atomic E-state index is 5.74. The highest BCUT2D eigenvalue weighted by Crippen LogP contribution is 2.32. The summed E-state index contributed by atoms with van der Waals surface area (Å²) in [5, 5.41) is 5.98. The van der Waals surface area contributed by atoms with E-state index in [1.54, 1.807) is 0 Å². The zero-order valence-corrected chi connectivity index (χ0v) is 11.0. The molecule has 0 bridgehead atoms. The molecule has 18 heavy (non-hydrogen) atoms. The van der Waals surface area contributed by atoms with Gasteiger partial charge in [0.2, 0.25) is 0 Å². The van der Waals surface area contributed by atoms with Crippen LogP contribution in [0, 0.1) is 12.8 Å². The van der Waals surface area contributed by atoms with Crippen molar-refractivity contribution in [2.75, 3.05) is 6.54 Å². The predicted molar refractivity (Wildman–Crippen MR) is 74.5 cm³/mol. The highest BCUT2D eigenvalue weighted by atomic mass is 15.3. The minimum atomic E-state index is 0.570. The molecule has 1 aromatic carbocycles. The van der Waals surface area contributed by atoms with Gasteiger partial charge >= 0.3 is 0 Å². The fourth-order valence-corrected chi connectivity index (χ4v) is 2.98. The Morgan fingerprint density at radius 1 is 1.28 bits per heavy atom. The van der Waals surface area contributed by atoms with Crippen LogP contribution in [0.1, 0.15) is 37.3 Å². The maximum Gasteiger partial charge on any atom is 0.0926 e. The summed E-state index contributed by atoms with van der Waals surface area (Å²) in [5.74, 6) is 0.730. The molecule has 1 aromatic heterocycles. The summed E-state index contributed by atoms with van der Waals surface area (Å²) in [6, 6.07) is 7.05. The molecule has 0 aliphatic heterocycles. The third-order valence-electron chi connectivity index (χ3n) is 4.20. The topological polar surface area (TPSA) is 43.8 Å². The van der Waals surface area contributed by atoms with Gasteiger partial charge in [-0.05, 0) is 56.7 Å². The average Bonchev–Trinajstić information content (AvgIpc) is 2.81. The van der Waals surface area contributed by atoms with Gasteiger partial charge in [0.1, 0.15) is 0 Å². The van der Waals surface area contributed by atoms with E-state index in [1.165, 1.54) is 36.6 Å². The van der Waals surface area contributed by atoms with E-state index in [-0.39, 0.29) is 0 Å². The first-order valence-corrected chi connectivity index (χ1v) is 6.92. The Labute approximate surface area is 108 Å². The Balaban J connectivity index is 1.82. The van der Waals surface area contributed by atoms with Gasteiger partial charge in [0.25, 0.3) is 0 Å². The molecule has 0 saturated heterocycles. The molecule has 0 amide bonds. The molecule has 2 N–H and O–H groups in total. The predicted octanol–water partition coefficient (Wildman–Crippen LogP) is 3.03. The second-order valence-electron chi connectivity index (χ2n) is 5.58. The number of hydrogen-bond acceptors (Lipinski definition) is 2. The first-order valence-electron chi connectivity index (χ1n) is 6.92. The van der Waals surface area contributed by atoms with E-state index >= 15 is 0 Å². The molecular weight excluding hydrogens is 222 g/mol. The third-order valence-corrected chi connectivity index (χ3v) is 4.20. The molecule has 1 saturated carbocycles. The van der Waals surface area contributed by atoms with E-state index in [4.69, 9.17) is 10.8 Å². The number of aromatic nitrogens is 2. The summed E-state index contributed by atoms with van der Waals surface area (Å²) >= 11 is 0. The van der Waals surface area contributed by atoms with Crippen LogP contribution in [-0.2, 0) is 0 Å². The zero-order chi connectivity index (χ0) is 12.5. The standard InChI is InChI=1S/C15H21N3/c1-11-2-5-13-10-18(17-15(13)8-11)14-6-3-12(9-16)4-7-14/h2,5,8,10,12,14H,3-4,6-7,9,16H2,1H3/t12-,14-. The van der Waals surface area contributed by atoms with Crippen LogP contribution in [0.25, 0.3) is 10.9 Å². The van der Waals surface area contributed by atoms with Crippen molar-refractivity contribution in [1.29, 1.82) is 0 Å². The van der Waals surface area contributed by atoms with Crippen LogP contribution in [0.5, 0.6) is 0 Å². The Hall–Kier alpha value is -1.35. The van der Waals surface area contributed by atoms with Gasteiger partial charge in [-0.15, -0.1) is 0 Å². The maximum atomic E-state index is 5.74. The molecule has 0 spiro atoms. The van der Waals surface area contributed by atoms with Crippen molar-refractivity contribution in [2.45, 2.75) is 38.6 Å². The monoisotopic (exact) mass is 243 g/mol. The summed E-state index contributed by atoms with van der Waals surface area (Å²) in [6.07, 6.45) is 7.12. The van der Waals surface area contributed by atoms with Gasteiger partial charge < -0.3 is 5.73 Å². The van der Waals surface area contributed by atoms with Crippen molar-refractivity contribution >= 4 is 10.9 Å². The van der Waals surface area contributed by atoms with E-state index < -0.39 is 0 Å². The Bertz CT molecular complexity index is 536. The quantitative estimate of drug-likeness (QED) is 0.881. The molecule has 3 nitrogen and oxygen atoms in total. The number of rotatable bonds is 2. The molecule has 96 valence electrons. The Morgan fingerprint density at radius 3 is 2.78 bits per heavy atom. The van der Waals surface area contributed by atoms with Crippen molar-refractivity contribution < 1.29 is 0 Å². The number of fused-ring (bicyclic) bond motifs is 1. The summed E-state index contributed by atoms with van der Waals surface area (Å²) in [7, 11) is 0. The number of aryl methyl sites for hydroxylation is 1. The van der Waals surface area contributed by atoms with Crippen LogP contribution in [0.3, 0.4) is 0 Å². The van der Waals surface area contributed by atoms with Crippen molar-refractivity contribution in [3.8, 4) is 0 Å². The van der Waals surface area contributed by atoms with Gasteiger partial charge in [0.15, 0.2) is 0 Å². The fraction of sp³-hybridized carbons (Fsp3) is 0.533. The fourth-order valence-electron chi connectivity index (χ4n) is 2.98. The summed E-state index contributed by atoms with van der Waals surface area (Å²) < 4.78 is 2.18. The molecule has 3 rings (SSSR count). The molecule has 2 aromatic rings. The lowest BCUT2D eigenvalue weighted by atomic mass is 9.86. The van der Waals surface area contributed by atoms with Crippen LogP contribution in [0.4, 0.5) is 0 Å². The molecule has 0 radical (unpaired) electrons. The van der Waals surface area contributed by atoms with Crippen molar-refractivity contribution in [3.05, 3.63) is 30.0 Å². The van der Waals surface area contributed by atoms with Crippen molar-refractivity contribution in [3.63, 3.8) is 0 Å². The summed E-state index contributed by atoms with van der Waals surface area (Å²) in [5.41, 5.74) is 8.14. The van der Waals surface area contributed by atoms with E-state index in [0.717, 1.165) is 18.0 Å². The van der Waals surface area contributed by atoms with Crippen LogP contribution < -0.4 is 5.73 Å². The second-order valence-corrected chi connectivity index (χ2v) is 5.58. The highest BCUT2D eigenvalue weighted by Gasteiger charge is 2.22. The Kier molecular flexibility index (Phi) is 3.08. The van der Waals surface area contributed by atoms with Gasteiger partial charge in [-0.2, -0.15) is 5.10 Å². The number of benzene rings is 1. The molecule has 3 heteroatoms. The van der Waals surface area contributed by atoms with Crippen molar-refractivity contribution in [1.82, 2.24) is 9.78 Å². The largest absolute Gasteiger partial charge is 0.330 e. The molecule has 1 fully saturated rings. The van der Waals surface area contributed by atoms with Gasteiger partial charge in [-0.3, -0.25) is 4.68 Å². The minimum absolute atomic E-state index is 0.570. The lowest BCUT2D eigenvalue weighted by molar-refractivity contribution is 0.266. The smallest absolute Gasteiger partial charge is 0.0926 e. The second kappa shape index (κ2) is 4.73. The zero-order valence-electron chi connectivity index (χ0n) is 11.0. The highest BCUT2D eigenvalue weighted by molar-refractivity contribution is 5.78. The summed E-state index contributed by atoms with van der Waals surface area (Å²) in [4.78, 5) is 0. The van der Waals surface area contributed by atoms with Crippen molar-refractivity contribution in [2.24, 2.45) is 11.7 Å². The van der Waals surface area contributed by atoms with E-state index in [9.17, 15) is 0 Å². The normalized spacial score (nSPS) is 24.6. The SMILES string of the molecule is Cc1ccc2cn([C@H]3CC[C@H](CN)CC3)nc2c1. The van der Waals surface area contributed by atoms with Crippen LogP contribution in [0.15, 0.2) is 24.4 Å². The molecule has 1 heterocycles. The molecular formula is C15H21N3. The Morgan fingerprint density at radius 2 is 2.06 bits per heavy atom. The molecule has 0 atom stereocenters. The number of nitrogens with two attached hydrogens (primary N) is 1. The lowest BCUT2D eigenvalue weighted by Gasteiger charge is -2.27. The summed E-state index contributed by atoms with van der Waals surface area (Å²) in [6.45, 7) is 2.96. The first-order chi connectivity index (χ1) is 8.76. The van der Waals surface area contributed by atoms with E-state index in [2.05, 4.69) is 36.0 Å². The van der Waals surface area contributed by atoms with Gasteiger partial charge in [0.05, 0.1) is 11.6 Å². The third kappa shape index (κ3) is 2.15. The van der Waals surface area contributed by atoms with Gasteiger partial charge in [-0.25, -0.2) is 0 Å². The van der Waals surface area contributed by atoms with E-state index in [0.29, 0.717) is 6.04 Å². The van der Waals surface area contributed by atoms with Crippen LogP contribution in [0.2, 0.25) is 0 Å². The van der Waals surface area contributed by atoms with Gasteiger partial charge in [-0.1, -0.05) is 12.1 Å². The van der Waals surface area contributed by atoms with E-state index in [1.807, 2.05) is 0 Å². The molecule has 0 unspecified atom stereocenters. The average molecular weight is 243 g/mol. The van der Waals surface area contributed by atoms with Crippen LogP contribution >= 0.6 is 0 Å². The van der Waals surface area contributed by atoms with Gasteiger partial charge in [0, 0.05) is 11.6 Å². The molecule has 1 aliphatic carbocycles. The number of hydrogen-bond donors (Lipinski definition) is 1. The lowest BCUT2D eigenvalue weighted by Crippen LogP contribution is -2.23. The molecule has 1 aliphatic rings. The first kappa shape index (κ1) is 11.7.